The minimum Gasteiger partial charge on any atom is -0.398 e. The average molecular weight is 556 g/mol. The predicted octanol–water partition coefficient (Wildman–Crippen LogP) is 6.01. The second-order valence-electron chi connectivity index (χ2n) is 8.95. The van der Waals surface area contributed by atoms with Gasteiger partial charge in [0.15, 0.2) is 0 Å². The number of nitrogens with one attached hydrogen (secondary N) is 2. The van der Waals surface area contributed by atoms with Gasteiger partial charge in [-0.1, -0.05) is 0 Å². The summed E-state index contributed by atoms with van der Waals surface area (Å²) in [6.07, 6.45) is -9.71. The van der Waals surface area contributed by atoms with E-state index in [-0.39, 0.29) is 41.7 Å². The number of benzene rings is 3. The number of rotatable bonds is 3. The number of amides is 3. The second kappa shape index (κ2) is 8.85. The maximum absolute atomic E-state index is 14.2. The maximum atomic E-state index is 14.2. The summed E-state index contributed by atoms with van der Waals surface area (Å²) in [6, 6.07) is 1.58. The van der Waals surface area contributed by atoms with Gasteiger partial charge in [0.05, 0.1) is 28.5 Å². The lowest BCUT2D eigenvalue weighted by Gasteiger charge is -2.35. The van der Waals surface area contributed by atoms with E-state index >= 15 is 0 Å². The molecule has 6 nitrogen and oxygen atoms in total. The van der Waals surface area contributed by atoms with Crippen molar-refractivity contribution in [3.63, 3.8) is 0 Å². The fourth-order valence-electron chi connectivity index (χ4n) is 4.87. The number of anilines is 3. The first-order valence-corrected chi connectivity index (χ1v) is 11.2. The largest absolute Gasteiger partial charge is 0.416 e. The van der Waals surface area contributed by atoms with Crippen LogP contribution in [0.3, 0.4) is 0 Å². The van der Waals surface area contributed by atoms with Crippen molar-refractivity contribution in [2.75, 3.05) is 22.5 Å². The SMILES string of the molecule is Nc1cc(NC(=O)c2cc(F)cc(C(F)(F)F)c2)c2c3c1CCN3C(=O)NC2c1cc(F)ccc1C(F)(F)F. The average Bonchev–Trinajstić information content (AvgIpc) is 3.28. The highest BCUT2D eigenvalue weighted by atomic mass is 19.4. The number of alkyl halides is 6. The molecule has 0 saturated heterocycles. The Morgan fingerprint density at radius 1 is 0.974 bits per heavy atom. The molecule has 2 aliphatic heterocycles. The first-order valence-electron chi connectivity index (χ1n) is 11.2. The maximum Gasteiger partial charge on any atom is 0.416 e. The van der Waals surface area contributed by atoms with Gasteiger partial charge in [0.25, 0.3) is 5.91 Å². The van der Waals surface area contributed by atoms with E-state index in [0.29, 0.717) is 35.9 Å². The summed E-state index contributed by atoms with van der Waals surface area (Å²) in [6.45, 7) is 0.0939. The molecule has 1 atom stereocenters. The Balaban J connectivity index is 1.68. The van der Waals surface area contributed by atoms with Crippen LogP contribution < -0.4 is 21.3 Å². The lowest BCUT2D eigenvalue weighted by Crippen LogP contribution is -2.46. The van der Waals surface area contributed by atoms with Crippen LogP contribution in [0.2, 0.25) is 0 Å². The van der Waals surface area contributed by atoms with Crippen molar-refractivity contribution in [3.8, 4) is 0 Å². The van der Waals surface area contributed by atoms with Gasteiger partial charge in [-0.2, -0.15) is 26.3 Å². The van der Waals surface area contributed by atoms with Crippen LogP contribution in [-0.4, -0.2) is 18.5 Å². The summed E-state index contributed by atoms with van der Waals surface area (Å²) in [5.41, 5.74) is 2.17. The Morgan fingerprint density at radius 3 is 2.36 bits per heavy atom. The first kappa shape index (κ1) is 26.3. The van der Waals surface area contributed by atoms with Crippen LogP contribution in [0.25, 0.3) is 0 Å². The van der Waals surface area contributed by atoms with E-state index in [4.69, 9.17) is 5.73 Å². The summed E-state index contributed by atoms with van der Waals surface area (Å²) in [4.78, 5) is 27.0. The molecule has 0 radical (unpaired) electrons. The normalized spacial score (nSPS) is 16.7. The molecule has 0 aliphatic carbocycles. The standard InChI is InChI=1S/C25H16F8N4O2/c26-12-1-2-16(25(31,32)33)15(8-12)20-19-18(9-17(34)14-3-4-37(21(14)19)23(39)36-20)35-22(38)10-5-11(24(28,29)30)7-13(27)6-10/h1-2,5-9,20H,3-4,34H2,(H,35,38)(H,36,39). The Hall–Kier alpha value is -4.36. The zero-order valence-corrected chi connectivity index (χ0v) is 19.4. The number of halogens is 8. The van der Waals surface area contributed by atoms with Gasteiger partial charge in [-0.05, 0) is 54.4 Å². The lowest BCUT2D eigenvalue weighted by molar-refractivity contribution is -0.139. The molecule has 39 heavy (non-hydrogen) atoms. The smallest absolute Gasteiger partial charge is 0.398 e. The third-order valence-corrected chi connectivity index (χ3v) is 6.50. The predicted molar refractivity (Wildman–Crippen MR) is 123 cm³/mol. The molecule has 0 saturated carbocycles. The number of nitrogens with zero attached hydrogens (tertiary/aromatic N) is 1. The monoisotopic (exact) mass is 556 g/mol. The van der Waals surface area contributed by atoms with Crippen molar-refractivity contribution in [2.45, 2.75) is 24.8 Å². The molecule has 3 amide bonds. The van der Waals surface area contributed by atoms with E-state index < -0.39 is 64.2 Å². The van der Waals surface area contributed by atoms with Gasteiger partial charge in [0.1, 0.15) is 11.6 Å². The minimum atomic E-state index is -4.97. The van der Waals surface area contributed by atoms with E-state index in [1.165, 1.54) is 11.0 Å². The zero-order chi connectivity index (χ0) is 28.4. The number of nitrogen functional groups attached to an aromatic ring is 1. The number of hydrogen-bond acceptors (Lipinski definition) is 3. The number of nitrogens with two attached hydrogens (primary N) is 1. The van der Waals surface area contributed by atoms with Crippen molar-refractivity contribution in [2.24, 2.45) is 0 Å². The van der Waals surface area contributed by atoms with Crippen molar-refractivity contribution < 1.29 is 44.7 Å². The molecule has 5 rings (SSSR count). The van der Waals surface area contributed by atoms with Crippen LogP contribution in [0.5, 0.6) is 0 Å². The number of hydrogen-bond donors (Lipinski definition) is 3. The molecule has 14 heteroatoms. The Bertz CT molecular complexity index is 1530. The molecular weight excluding hydrogens is 540 g/mol. The van der Waals surface area contributed by atoms with Gasteiger partial charge in [-0.15, -0.1) is 0 Å². The molecule has 3 aromatic rings. The fraction of sp³-hybridized carbons (Fsp3) is 0.200. The third kappa shape index (κ3) is 4.59. The number of carbonyl (C=O) groups is 2. The first-order chi connectivity index (χ1) is 18.1. The number of carbonyl (C=O) groups excluding carboxylic acids is 2. The van der Waals surface area contributed by atoms with Crippen LogP contribution in [0.4, 0.5) is 57.0 Å². The highest BCUT2D eigenvalue weighted by Gasteiger charge is 2.43. The van der Waals surface area contributed by atoms with Gasteiger partial charge in [-0.25, -0.2) is 13.6 Å². The van der Waals surface area contributed by atoms with Gasteiger partial charge in [0, 0.05) is 28.9 Å². The summed E-state index contributed by atoms with van der Waals surface area (Å²) in [7, 11) is 0. The van der Waals surface area contributed by atoms with Crippen LogP contribution in [0, 0.1) is 11.6 Å². The van der Waals surface area contributed by atoms with Gasteiger partial charge < -0.3 is 16.4 Å². The van der Waals surface area contributed by atoms with Crippen LogP contribution in [-0.2, 0) is 18.8 Å². The molecule has 0 fully saturated rings. The molecule has 2 aliphatic rings. The highest BCUT2D eigenvalue weighted by Crippen LogP contribution is 2.49. The third-order valence-electron chi connectivity index (χ3n) is 6.50. The van der Waals surface area contributed by atoms with Crippen LogP contribution in [0.15, 0.2) is 42.5 Å². The Labute approximate surface area is 214 Å². The van der Waals surface area contributed by atoms with E-state index in [9.17, 15) is 44.7 Å². The molecule has 3 aromatic carbocycles. The second-order valence-corrected chi connectivity index (χ2v) is 8.95. The van der Waals surface area contributed by atoms with Gasteiger partial charge in [-0.3, -0.25) is 9.69 Å². The number of urea groups is 1. The van der Waals surface area contributed by atoms with E-state index in [2.05, 4.69) is 10.6 Å². The molecule has 204 valence electrons. The molecule has 0 aromatic heterocycles. The van der Waals surface area contributed by atoms with Crippen molar-refractivity contribution in [1.29, 1.82) is 0 Å². The quantitative estimate of drug-likeness (QED) is 0.273. The van der Waals surface area contributed by atoms with E-state index in [1.807, 2.05) is 0 Å². The van der Waals surface area contributed by atoms with Crippen molar-refractivity contribution >= 4 is 29.0 Å². The molecule has 2 heterocycles. The summed E-state index contributed by atoms with van der Waals surface area (Å²) in [5.74, 6) is -3.62. The zero-order valence-electron chi connectivity index (χ0n) is 19.4. The summed E-state index contributed by atoms with van der Waals surface area (Å²) < 4.78 is 109. The molecule has 4 N–H and O–H groups in total. The topological polar surface area (TPSA) is 87.5 Å². The molecule has 0 bridgehead atoms. The molecular formula is C25H16F8N4O2. The van der Waals surface area contributed by atoms with Crippen LogP contribution >= 0.6 is 0 Å². The van der Waals surface area contributed by atoms with Crippen molar-refractivity contribution in [3.05, 3.63) is 87.5 Å². The summed E-state index contributed by atoms with van der Waals surface area (Å²) in [5, 5.41) is 4.68. The van der Waals surface area contributed by atoms with Crippen molar-refractivity contribution in [1.82, 2.24) is 5.32 Å². The highest BCUT2D eigenvalue weighted by molar-refractivity contribution is 6.08. The lowest BCUT2D eigenvalue weighted by atomic mass is 9.88. The van der Waals surface area contributed by atoms with E-state index in [0.717, 1.165) is 0 Å². The van der Waals surface area contributed by atoms with Gasteiger partial charge >= 0.3 is 18.4 Å². The Kier molecular flexibility index (Phi) is 5.96. The van der Waals surface area contributed by atoms with Crippen LogP contribution in [0.1, 0.15) is 44.2 Å². The van der Waals surface area contributed by atoms with Gasteiger partial charge in [0.2, 0.25) is 0 Å². The fourth-order valence-corrected chi connectivity index (χ4v) is 4.87. The summed E-state index contributed by atoms with van der Waals surface area (Å²) >= 11 is 0. The minimum absolute atomic E-state index is 0.0468. The molecule has 1 unspecified atom stereocenters. The van der Waals surface area contributed by atoms with E-state index in [1.54, 1.807) is 0 Å². The molecule has 0 spiro atoms. The Morgan fingerprint density at radius 2 is 1.69 bits per heavy atom.